The number of nitrogens with two attached hydrogens (primary N) is 1. The molecule has 0 fully saturated rings. The molecule has 0 aliphatic rings. The van der Waals surface area contributed by atoms with Crippen LogP contribution in [0.25, 0.3) is 0 Å². The van der Waals surface area contributed by atoms with Crippen LogP contribution in [-0.2, 0) is 12.8 Å². The molecule has 1 aromatic heterocycles. The summed E-state index contributed by atoms with van der Waals surface area (Å²) in [5.41, 5.74) is 6.46. The summed E-state index contributed by atoms with van der Waals surface area (Å²) in [6, 6.07) is 1.93. The van der Waals surface area contributed by atoms with Gasteiger partial charge in [0.2, 0.25) is 0 Å². The standard InChI is InChI=1S/C8H13N3/c1-2-7-4-6-10-8(11-7)3-5-9/h4,6H,2-3,5,9H2,1H3. The SMILES string of the molecule is CCc1ccnc(CCN)n1. The van der Waals surface area contributed by atoms with E-state index in [2.05, 4.69) is 16.9 Å². The average Bonchev–Trinajstić information content (AvgIpc) is 2.06. The van der Waals surface area contributed by atoms with Crippen molar-refractivity contribution in [1.29, 1.82) is 0 Å². The highest BCUT2D eigenvalue weighted by Gasteiger charge is 1.94. The zero-order valence-corrected chi connectivity index (χ0v) is 6.75. The van der Waals surface area contributed by atoms with Gasteiger partial charge in [0.1, 0.15) is 5.82 Å². The number of rotatable bonds is 3. The maximum atomic E-state index is 5.37. The van der Waals surface area contributed by atoms with Crippen molar-refractivity contribution < 1.29 is 0 Å². The minimum atomic E-state index is 0.618. The van der Waals surface area contributed by atoms with Gasteiger partial charge in [-0.3, -0.25) is 0 Å². The van der Waals surface area contributed by atoms with Gasteiger partial charge in [0, 0.05) is 18.3 Å². The quantitative estimate of drug-likeness (QED) is 0.686. The molecule has 3 nitrogen and oxygen atoms in total. The van der Waals surface area contributed by atoms with Crippen molar-refractivity contribution >= 4 is 0 Å². The van der Waals surface area contributed by atoms with Crippen LogP contribution in [0.4, 0.5) is 0 Å². The van der Waals surface area contributed by atoms with Crippen LogP contribution in [0, 0.1) is 0 Å². The smallest absolute Gasteiger partial charge is 0.129 e. The highest BCUT2D eigenvalue weighted by molar-refractivity contribution is 5.02. The molecule has 0 saturated carbocycles. The summed E-state index contributed by atoms with van der Waals surface area (Å²) >= 11 is 0. The topological polar surface area (TPSA) is 51.8 Å². The Morgan fingerprint density at radius 2 is 2.36 bits per heavy atom. The third kappa shape index (κ3) is 2.27. The number of aromatic nitrogens is 2. The molecule has 1 rings (SSSR count). The van der Waals surface area contributed by atoms with Crippen LogP contribution in [0.15, 0.2) is 12.3 Å². The summed E-state index contributed by atoms with van der Waals surface area (Å²) in [5.74, 6) is 0.854. The minimum Gasteiger partial charge on any atom is -0.330 e. The minimum absolute atomic E-state index is 0.618. The van der Waals surface area contributed by atoms with E-state index in [-0.39, 0.29) is 0 Å². The number of nitrogens with zero attached hydrogens (tertiary/aromatic N) is 2. The highest BCUT2D eigenvalue weighted by Crippen LogP contribution is 1.95. The average molecular weight is 151 g/mol. The first-order valence-electron chi connectivity index (χ1n) is 3.87. The molecule has 0 aromatic carbocycles. The molecule has 2 N–H and O–H groups in total. The molecule has 1 heterocycles. The number of hydrogen-bond donors (Lipinski definition) is 1. The molecule has 0 aliphatic carbocycles. The van der Waals surface area contributed by atoms with Crippen molar-refractivity contribution in [1.82, 2.24) is 9.97 Å². The molecular formula is C8H13N3. The van der Waals surface area contributed by atoms with Crippen molar-refractivity contribution in [3.63, 3.8) is 0 Å². The van der Waals surface area contributed by atoms with Crippen LogP contribution in [0.3, 0.4) is 0 Å². The zero-order valence-electron chi connectivity index (χ0n) is 6.75. The van der Waals surface area contributed by atoms with Gasteiger partial charge in [-0.05, 0) is 19.0 Å². The summed E-state index contributed by atoms with van der Waals surface area (Å²) in [6.45, 7) is 2.70. The molecule has 11 heavy (non-hydrogen) atoms. The summed E-state index contributed by atoms with van der Waals surface area (Å²) in [6.07, 6.45) is 3.52. The third-order valence-corrected chi connectivity index (χ3v) is 1.49. The molecule has 0 unspecified atom stereocenters. The summed E-state index contributed by atoms with van der Waals surface area (Å²) in [4.78, 5) is 8.38. The lowest BCUT2D eigenvalue weighted by molar-refractivity contribution is 0.840. The Bertz CT molecular complexity index is 222. The van der Waals surface area contributed by atoms with Crippen molar-refractivity contribution in [2.75, 3.05) is 6.54 Å². The van der Waals surface area contributed by atoms with Gasteiger partial charge in [-0.2, -0.15) is 0 Å². The normalized spacial score (nSPS) is 10.0. The van der Waals surface area contributed by atoms with Gasteiger partial charge in [0.15, 0.2) is 0 Å². The number of aryl methyl sites for hydroxylation is 1. The first-order chi connectivity index (χ1) is 5.36. The maximum Gasteiger partial charge on any atom is 0.129 e. The monoisotopic (exact) mass is 151 g/mol. The van der Waals surface area contributed by atoms with Gasteiger partial charge in [0.05, 0.1) is 0 Å². The molecule has 60 valence electrons. The van der Waals surface area contributed by atoms with Gasteiger partial charge in [-0.1, -0.05) is 6.92 Å². The molecule has 1 aromatic rings. The Balaban J connectivity index is 2.74. The third-order valence-electron chi connectivity index (χ3n) is 1.49. The summed E-state index contributed by atoms with van der Waals surface area (Å²) in [7, 11) is 0. The molecular weight excluding hydrogens is 138 g/mol. The largest absolute Gasteiger partial charge is 0.330 e. The Morgan fingerprint density at radius 1 is 1.55 bits per heavy atom. The second kappa shape index (κ2) is 4.03. The van der Waals surface area contributed by atoms with E-state index in [1.165, 1.54) is 0 Å². The van der Waals surface area contributed by atoms with E-state index in [1.54, 1.807) is 6.20 Å². The van der Waals surface area contributed by atoms with Gasteiger partial charge in [0.25, 0.3) is 0 Å². The summed E-state index contributed by atoms with van der Waals surface area (Å²) < 4.78 is 0. The van der Waals surface area contributed by atoms with Crippen LogP contribution in [-0.4, -0.2) is 16.5 Å². The van der Waals surface area contributed by atoms with E-state index in [0.29, 0.717) is 6.54 Å². The second-order valence-corrected chi connectivity index (χ2v) is 2.36. The lowest BCUT2D eigenvalue weighted by Gasteiger charge is -1.98. The van der Waals surface area contributed by atoms with Crippen molar-refractivity contribution in [3.05, 3.63) is 23.8 Å². The Hall–Kier alpha value is -0.960. The maximum absolute atomic E-state index is 5.37. The van der Waals surface area contributed by atoms with Crippen molar-refractivity contribution in [2.24, 2.45) is 5.73 Å². The fourth-order valence-electron chi connectivity index (χ4n) is 0.888. The van der Waals surface area contributed by atoms with Gasteiger partial charge in [-0.15, -0.1) is 0 Å². The predicted molar refractivity (Wildman–Crippen MR) is 44.2 cm³/mol. The Morgan fingerprint density at radius 3 is 3.00 bits per heavy atom. The fraction of sp³-hybridized carbons (Fsp3) is 0.500. The van der Waals surface area contributed by atoms with Crippen molar-refractivity contribution in [3.8, 4) is 0 Å². The second-order valence-electron chi connectivity index (χ2n) is 2.36. The van der Waals surface area contributed by atoms with Crippen LogP contribution in [0.2, 0.25) is 0 Å². The molecule has 0 radical (unpaired) electrons. The van der Waals surface area contributed by atoms with Crippen LogP contribution in [0.1, 0.15) is 18.4 Å². The Labute approximate surface area is 66.7 Å². The number of hydrogen-bond acceptors (Lipinski definition) is 3. The van der Waals surface area contributed by atoms with Crippen LogP contribution in [0.5, 0.6) is 0 Å². The van der Waals surface area contributed by atoms with Crippen LogP contribution >= 0.6 is 0 Å². The van der Waals surface area contributed by atoms with E-state index < -0.39 is 0 Å². The Kier molecular flexibility index (Phi) is 2.98. The van der Waals surface area contributed by atoms with Crippen molar-refractivity contribution in [2.45, 2.75) is 19.8 Å². The molecule has 3 heteroatoms. The van der Waals surface area contributed by atoms with E-state index in [0.717, 1.165) is 24.4 Å². The first kappa shape index (κ1) is 8.14. The van der Waals surface area contributed by atoms with E-state index in [4.69, 9.17) is 5.73 Å². The highest BCUT2D eigenvalue weighted by atomic mass is 14.9. The zero-order chi connectivity index (χ0) is 8.10. The van der Waals surface area contributed by atoms with Crippen LogP contribution < -0.4 is 5.73 Å². The lowest BCUT2D eigenvalue weighted by atomic mass is 10.3. The fourth-order valence-corrected chi connectivity index (χ4v) is 0.888. The van der Waals surface area contributed by atoms with Gasteiger partial charge < -0.3 is 5.73 Å². The predicted octanol–water partition coefficient (Wildman–Crippen LogP) is 0.540. The van der Waals surface area contributed by atoms with Gasteiger partial charge in [-0.25, -0.2) is 9.97 Å². The van der Waals surface area contributed by atoms with E-state index in [9.17, 15) is 0 Å². The van der Waals surface area contributed by atoms with E-state index in [1.807, 2.05) is 6.07 Å². The molecule has 0 bridgehead atoms. The molecule has 0 saturated heterocycles. The molecule has 0 amide bonds. The first-order valence-corrected chi connectivity index (χ1v) is 3.87. The molecule has 0 spiro atoms. The molecule has 0 aliphatic heterocycles. The van der Waals surface area contributed by atoms with E-state index >= 15 is 0 Å². The summed E-state index contributed by atoms with van der Waals surface area (Å²) in [5, 5.41) is 0. The lowest BCUT2D eigenvalue weighted by Crippen LogP contribution is -2.07. The molecule has 0 atom stereocenters. The van der Waals surface area contributed by atoms with Gasteiger partial charge >= 0.3 is 0 Å².